The van der Waals surface area contributed by atoms with Crippen molar-refractivity contribution in [3.8, 4) is 0 Å². The number of thiophene rings is 1. The fourth-order valence-corrected chi connectivity index (χ4v) is 2.58. The first kappa shape index (κ1) is 11.6. The molecule has 0 amide bonds. The highest BCUT2D eigenvalue weighted by atomic mass is 35.5. The first-order valence-corrected chi connectivity index (χ1v) is 6.39. The molecule has 0 saturated heterocycles. The first-order chi connectivity index (χ1) is 7.66. The van der Waals surface area contributed by atoms with Gasteiger partial charge in [-0.05, 0) is 41.6 Å². The van der Waals surface area contributed by atoms with Crippen LogP contribution in [0.15, 0.2) is 35.7 Å². The molecule has 1 aromatic heterocycles. The van der Waals surface area contributed by atoms with Gasteiger partial charge in [0, 0.05) is 16.3 Å². The summed E-state index contributed by atoms with van der Waals surface area (Å²) in [5, 5.41) is 12.8. The predicted molar refractivity (Wildman–Crippen MR) is 69.2 cm³/mol. The Morgan fingerprint density at radius 3 is 2.50 bits per heavy atom. The minimum Gasteiger partial charge on any atom is -0.388 e. The van der Waals surface area contributed by atoms with Crippen LogP contribution in [0.5, 0.6) is 0 Å². The molecule has 0 aliphatic heterocycles. The zero-order chi connectivity index (χ0) is 11.5. The van der Waals surface area contributed by atoms with Crippen LogP contribution in [0.3, 0.4) is 0 Å². The van der Waals surface area contributed by atoms with Crippen molar-refractivity contribution in [1.29, 1.82) is 0 Å². The standard InChI is InChI=1S/C13H13ClOS/c1-9-12(6-7-16-9)13(15)8-10-2-4-11(14)5-3-10/h2-7,13,15H,8H2,1H3. The summed E-state index contributed by atoms with van der Waals surface area (Å²) in [5.74, 6) is 0. The minimum atomic E-state index is -0.424. The second-order valence-electron chi connectivity index (χ2n) is 3.78. The second-order valence-corrected chi connectivity index (χ2v) is 5.34. The molecule has 0 fully saturated rings. The quantitative estimate of drug-likeness (QED) is 0.876. The van der Waals surface area contributed by atoms with Crippen molar-refractivity contribution in [3.63, 3.8) is 0 Å². The van der Waals surface area contributed by atoms with Gasteiger partial charge in [0.1, 0.15) is 0 Å². The lowest BCUT2D eigenvalue weighted by Gasteiger charge is -2.10. The van der Waals surface area contributed by atoms with Gasteiger partial charge in [-0.2, -0.15) is 0 Å². The summed E-state index contributed by atoms with van der Waals surface area (Å²) in [7, 11) is 0. The van der Waals surface area contributed by atoms with Crippen LogP contribution in [0.1, 0.15) is 22.1 Å². The molecule has 1 aromatic carbocycles. The summed E-state index contributed by atoms with van der Waals surface area (Å²) in [6, 6.07) is 9.59. The Balaban J connectivity index is 2.10. The average molecular weight is 253 g/mol. The van der Waals surface area contributed by atoms with Gasteiger partial charge in [0.05, 0.1) is 6.10 Å². The van der Waals surface area contributed by atoms with Gasteiger partial charge < -0.3 is 5.11 Å². The van der Waals surface area contributed by atoms with E-state index in [4.69, 9.17) is 11.6 Å². The normalized spacial score (nSPS) is 12.7. The molecule has 3 heteroatoms. The van der Waals surface area contributed by atoms with Crippen molar-refractivity contribution in [3.05, 3.63) is 56.7 Å². The van der Waals surface area contributed by atoms with Gasteiger partial charge in [-0.15, -0.1) is 11.3 Å². The van der Waals surface area contributed by atoms with E-state index in [9.17, 15) is 5.11 Å². The predicted octanol–water partition coefficient (Wildman–Crippen LogP) is 3.99. The number of hydrogen-bond donors (Lipinski definition) is 1. The highest BCUT2D eigenvalue weighted by molar-refractivity contribution is 7.10. The van der Waals surface area contributed by atoms with Crippen molar-refractivity contribution >= 4 is 22.9 Å². The van der Waals surface area contributed by atoms with E-state index in [0.717, 1.165) is 16.1 Å². The van der Waals surface area contributed by atoms with E-state index in [0.29, 0.717) is 6.42 Å². The van der Waals surface area contributed by atoms with E-state index >= 15 is 0 Å². The molecule has 0 aliphatic rings. The van der Waals surface area contributed by atoms with Crippen LogP contribution in [-0.4, -0.2) is 5.11 Å². The summed E-state index contributed by atoms with van der Waals surface area (Å²) in [4.78, 5) is 1.18. The second kappa shape index (κ2) is 5.00. The third kappa shape index (κ3) is 2.64. The number of halogens is 1. The SMILES string of the molecule is Cc1sccc1C(O)Cc1ccc(Cl)cc1. The zero-order valence-corrected chi connectivity index (χ0v) is 10.6. The Hall–Kier alpha value is -0.830. The van der Waals surface area contributed by atoms with Gasteiger partial charge in [0.25, 0.3) is 0 Å². The number of hydrogen-bond acceptors (Lipinski definition) is 2. The summed E-state index contributed by atoms with van der Waals surface area (Å²) in [5.41, 5.74) is 2.13. The molecule has 2 rings (SSSR count). The molecule has 1 N–H and O–H groups in total. The third-order valence-electron chi connectivity index (χ3n) is 2.60. The molecule has 1 atom stereocenters. The Morgan fingerprint density at radius 1 is 1.25 bits per heavy atom. The summed E-state index contributed by atoms with van der Waals surface area (Å²) < 4.78 is 0. The molecule has 0 aliphatic carbocycles. The molecule has 0 bridgehead atoms. The van der Waals surface area contributed by atoms with Crippen LogP contribution in [0.25, 0.3) is 0 Å². The van der Waals surface area contributed by atoms with Gasteiger partial charge in [-0.3, -0.25) is 0 Å². The third-order valence-corrected chi connectivity index (χ3v) is 3.71. The monoisotopic (exact) mass is 252 g/mol. The Morgan fingerprint density at radius 2 is 1.94 bits per heavy atom. The number of aliphatic hydroxyl groups is 1. The van der Waals surface area contributed by atoms with Crippen LogP contribution in [0, 0.1) is 6.92 Å². The van der Waals surface area contributed by atoms with Crippen molar-refractivity contribution in [2.75, 3.05) is 0 Å². The topological polar surface area (TPSA) is 20.2 Å². The van der Waals surface area contributed by atoms with Crippen molar-refractivity contribution < 1.29 is 5.11 Å². The molecule has 16 heavy (non-hydrogen) atoms. The van der Waals surface area contributed by atoms with Crippen LogP contribution in [0.4, 0.5) is 0 Å². The van der Waals surface area contributed by atoms with Crippen molar-refractivity contribution in [2.45, 2.75) is 19.4 Å². The molecule has 84 valence electrons. The summed E-state index contributed by atoms with van der Waals surface area (Å²) >= 11 is 7.48. The maximum Gasteiger partial charge on any atom is 0.0840 e. The summed E-state index contributed by atoms with van der Waals surface area (Å²) in [6.07, 6.45) is 0.210. The summed E-state index contributed by atoms with van der Waals surface area (Å²) in [6.45, 7) is 2.03. The van der Waals surface area contributed by atoms with Crippen LogP contribution >= 0.6 is 22.9 Å². The molecule has 2 aromatic rings. The van der Waals surface area contributed by atoms with Crippen LogP contribution in [-0.2, 0) is 6.42 Å². The van der Waals surface area contributed by atoms with E-state index in [1.165, 1.54) is 4.88 Å². The lowest BCUT2D eigenvalue weighted by atomic mass is 10.0. The van der Waals surface area contributed by atoms with Crippen molar-refractivity contribution in [2.24, 2.45) is 0 Å². The largest absolute Gasteiger partial charge is 0.388 e. The van der Waals surface area contributed by atoms with E-state index < -0.39 is 6.10 Å². The smallest absolute Gasteiger partial charge is 0.0840 e. The number of rotatable bonds is 3. The van der Waals surface area contributed by atoms with Gasteiger partial charge in [0.15, 0.2) is 0 Å². The van der Waals surface area contributed by atoms with Gasteiger partial charge >= 0.3 is 0 Å². The Kier molecular flexibility index (Phi) is 3.64. The Bertz CT molecular complexity index is 461. The van der Waals surface area contributed by atoms with Gasteiger partial charge in [-0.1, -0.05) is 23.7 Å². The number of aliphatic hydroxyl groups excluding tert-OH is 1. The average Bonchev–Trinajstić information content (AvgIpc) is 2.68. The lowest BCUT2D eigenvalue weighted by Crippen LogP contribution is -2.01. The fourth-order valence-electron chi connectivity index (χ4n) is 1.69. The molecule has 1 unspecified atom stereocenters. The van der Waals surface area contributed by atoms with Crippen LogP contribution < -0.4 is 0 Å². The van der Waals surface area contributed by atoms with Gasteiger partial charge in [-0.25, -0.2) is 0 Å². The fraction of sp³-hybridized carbons (Fsp3) is 0.231. The molecule has 0 saturated carbocycles. The van der Waals surface area contributed by atoms with Crippen molar-refractivity contribution in [1.82, 2.24) is 0 Å². The number of benzene rings is 1. The highest BCUT2D eigenvalue weighted by Gasteiger charge is 2.11. The molecule has 1 heterocycles. The lowest BCUT2D eigenvalue weighted by molar-refractivity contribution is 0.178. The van der Waals surface area contributed by atoms with E-state index in [1.807, 2.05) is 42.6 Å². The van der Waals surface area contributed by atoms with E-state index in [2.05, 4.69) is 0 Å². The van der Waals surface area contributed by atoms with Crippen LogP contribution in [0.2, 0.25) is 5.02 Å². The van der Waals surface area contributed by atoms with E-state index in [-0.39, 0.29) is 0 Å². The maximum atomic E-state index is 10.1. The molecule has 0 radical (unpaired) electrons. The molecule has 1 nitrogen and oxygen atoms in total. The van der Waals surface area contributed by atoms with Gasteiger partial charge in [0.2, 0.25) is 0 Å². The van der Waals surface area contributed by atoms with E-state index in [1.54, 1.807) is 11.3 Å². The maximum absolute atomic E-state index is 10.1. The first-order valence-electron chi connectivity index (χ1n) is 5.13. The highest BCUT2D eigenvalue weighted by Crippen LogP contribution is 2.25. The number of aryl methyl sites for hydroxylation is 1. The Labute approximate surface area is 104 Å². The molecule has 0 spiro atoms. The molecular formula is C13H13ClOS. The minimum absolute atomic E-state index is 0.424. The molecular weight excluding hydrogens is 240 g/mol. The zero-order valence-electron chi connectivity index (χ0n) is 8.98.